The van der Waals surface area contributed by atoms with Gasteiger partial charge in [0.25, 0.3) is 0 Å². The molecule has 576 valence electrons. The number of hydrogen-bond donors (Lipinski definition) is 0. The number of rotatable bonds is 6. The predicted octanol–water partition coefficient (Wildman–Crippen LogP) is 28.6. The second-order valence-electron chi connectivity index (χ2n) is 36.1. The van der Waals surface area contributed by atoms with Gasteiger partial charge in [0.05, 0.1) is 50.4 Å². The maximum atomic E-state index is 8.15. The zero-order chi connectivity index (χ0) is 82.1. The van der Waals surface area contributed by atoms with Crippen LogP contribution >= 0.6 is 0 Å². The first kappa shape index (κ1) is 81.3. The number of fused-ring (bicyclic) bond motifs is 12. The van der Waals surface area contributed by atoms with E-state index in [9.17, 15) is 0 Å². The minimum absolute atomic E-state index is 0.0454. The van der Waals surface area contributed by atoms with Crippen LogP contribution in [0.2, 0.25) is 5.04 Å². The zero-order valence-electron chi connectivity index (χ0n) is 72.0. The van der Waals surface area contributed by atoms with E-state index in [1.54, 1.807) is 0 Å². The van der Waals surface area contributed by atoms with E-state index in [4.69, 9.17) is 6.63 Å². The van der Waals surface area contributed by atoms with Crippen LogP contribution in [0.25, 0.3) is 104 Å². The summed E-state index contributed by atoms with van der Waals surface area (Å²) in [6.07, 6.45) is 0. The Bertz CT molecular complexity index is 5830. The fourth-order valence-electron chi connectivity index (χ4n) is 15.5. The molecule has 0 N–H and O–H groups in total. The van der Waals surface area contributed by atoms with Gasteiger partial charge < -0.3 is 18.3 Å². The van der Waals surface area contributed by atoms with Crippen LogP contribution in [0.15, 0.2) is 328 Å². The number of para-hydroxylation sites is 8. The van der Waals surface area contributed by atoms with Crippen molar-refractivity contribution < 1.29 is 1.37 Å². The molecule has 13 aromatic carbocycles. The molecule has 0 aliphatic heterocycles. The van der Waals surface area contributed by atoms with Gasteiger partial charge in [-0.05, 0) is 169 Å². The van der Waals surface area contributed by atoms with Gasteiger partial charge in [0.15, 0.2) is 8.07 Å². The molecule has 0 aliphatic carbocycles. The minimum atomic E-state index is -2.13. The van der Waals surface area contributed by atoms with Crippen LogP contribution < -0.4 is 15.6 Å². The van der Waals surface area contributed by atoms with E-state index in [0.717, 1.165) is 5.92 Å². The Kier molecular flexibility index (Phi) is 25.0. The van der Waals surface area contributed by atoms with E-state index in [2.05, 4.69) is 456 Å². The minimum Gasteiger partial charge on any atom is -0.333 e. The number of aromatic nitrogens is 4. The fourth-order valence-corrected chi connectivity index (χ4v) is 21.2. The molecular formula is C107H119N5Si. The number of benzene rings is 13. The number of hydrogen-bond acceptors (Lipinski definition) is 1. The lowest BCUT2D eigenvalue weighted by Crippen LogP contribution is -2.72. The Morgan fingerprint density at radius 2 is 0.575 bits per heavy atom. The van der Waals surface area contributed by atoms with Crippen molar-refractivity contribution in [2.24, 2.45) is 17.2 Å². The highest BCUT2D eigenvalue weighted by Crippen LogP contribution is 2.42. The molecule has 5 nitrogen and oxygen atoms in total. The van der Waals surface area contributed by atoms with Crippen molar-refractivity contribution in [3.05, 3.63) is 339 Å². The molecule has 0 spiro atoms. The number of nitrogens with zero attached hydrogens (tertiary/aromatic N) is 5. The van der Waals surface area contributed by atoms with Gasteiger partial charge in [0.1, 0.15) is 0 Å². The second-order valence-corrected chi connectivity index (χ2v) is 40.8. The summed E-state index contributed by atoms with van der Waals surface area (Å²) >= 11 is 0. The molecule has 6 heteroatoms. The highest BCUT2D eigenvalue weighted by atomic mass is 28.3. The average molecular weight is 1500 g/mol. The third-order valence-corrected chi connectivity index (χ3v) is 26.2. The van der Waals surface area contributed by atoms with Crippen LogP contribution in [-0.2, 0) is 16.4 Å². The fraction of sp³-hybridized carbons (Fsp3) is 0.262. The Balaban J connectivity index is 0.000000142. The molecule has 0 aliphatic rings. The Hall–Kier alpha value is -11.2. The third kappa shape index (κ3) is 18.3. The van der Waals surface area contributed by atoms with Crippen molar-refractivity contribution in [1.82, 2.24) is 18.3 Å². The van der Waals surface area contributed by atoms with Gasteiger partial charge in [-0.2, -0.15) is 5.26 Å². The lowest BCUT2D eigenvalue weighted by molar-refractivity contribution is 0.423. The number of nitriles is 1. The summed E-state index contributed by atoms with van der Waals surface area (Å²) in [7, 11) is -2.13. The SMILES string of the molecule is CC(C)(C)C#N.CC(C)(C)[Si](c1ccccc1)(c1ccccc1)c1ccccc1.CC(C)(C)c1ccc(-n2c3ccccc3c3ccccc32)cc1.CC(C)(C)c1cccc(-n2c3ccccc3c3ccccc32)c1.CC(C)(C)n1c2ccccc2c2cccc(-n3c4ccccc4c4ccccc43)c21.CC(C)C.[2H]C(C)(C)C. The lowest BCUT2D eigenvalue weighted by Gasteiger charge is -2.44. The standard InChI is InChI=1S/C28H24N2.2C22H21N.C22H24Si.C5H9N.2C4H10/c1-28(2,3)30-25-17-9-6-13-21(25)22-14-10-18-26(27(22)30)29-23-15-7-4-11-19(23)20-12-5-8-16-24(20)29;1-22(2,3)16-9-8-10-17(15-16)23-20-13-6-4-11-18(20)19-12-5-7-14-21(19)23;1-22(2,3)16-12-14-17(15-13-16)23-20-10-6-4-8-18(20)19-9-5-7-11-21(19)23;1-22(2,3)23(19-13-7-4-8-14-19,20-15-9-5-10-16-20)21-17-11-6-12-18-21;1-5(2,3)4-6;2*1-4(2)3/h4-18H,1-3H3;2*4-15H,1-3H3;4-18H,1-3H3;1-3H3;2*4H,1-3H3/i;;;;;4D;. The highest BCUT2D eigenvalue weighted by Gasteiger charge is 2.49. The smallest absolute Gasteiger partial charge is 0.153 e. The Labute approximate surface area is 677 Å². The van der Waals surface area contributed by atoms with Gasteiger partial charge in [-0.1, -0.05) is 359 Å². The van der Waals surface area contributed by atoms with Crippen molar-refractivity contribution in [3.63, 3.8) is 0 Å². The van der Waals surface area contributed by atoms with Crippen LogP contribution in [-0.4, -0.2) is 26.3 Å². The molecule has 0 radical (unpaired) electrons. The summed E-state index contributed by atoms with van der Waals surface area (Å²) < 4.78 is 16.6. The molecule has 0 amide bonds. The first-order valence-corrected chi connectivity index (χ1v) is 42.3. The van der Waals surface area contributed by atoms with Gasteiger partial charge in [0.2, 0.25) is 0 Å². The van der Waals surface area contributed by atoms with Crippen LogP contribution in [0, 0.1) is 28.6 Å². The van der Waals surface area contributed by atoms with E-state index in [-0.39, 0.29) is 32.7 Å². The maximum absolute atomic E-state index is 8.15. The second kappa shape index (κ2) is 34.8. The van der Waals surface area contributed by atoms with Crippen LogP contribution in [0.4, 0.5) is 0 Å². The van der Waals surface area contributed by atoms with Crippen molar-refractivity contribution in [2.45, 2.75) is 167 Å². The first-order chi connectivity index (χ1) is 54.0. The van der Waals surface area contributed by atoms with E-state index >= 15 is 0 Å². The quantitative estimate of drug-likeness (QED) is 0.121. The molecule has 0 atom stereocenters. The summed E-state index contributed by atoms with van der Waals surface area (Å²) in [4.78, 5) is 0. The van der Waals surface area contributed by atoms with Gasteiger partial charge in [-0.25, -0.2) is 0 Å². The average Bonchev–Trinajstić information content (AvgIpc) is 1.34. The molecule has 4 heterocycles. The molecule has 17 rings (SSSR count). The molecule has 0 unspecified atom stereocenters. The van der Waals surface area contributed by atoms with Crippen LogP contribution in [0.5, 0.6) is 0 Å². The third-order valence-electron chi connectivity index (χ3n) is 20.4. The molecule has 0 saturated carbocycles. The van der Waals surface area contributed by atoms with Crippen molar-refractivity contribution in [3.8, 4) is 23.1 Å². The van der Waals surface area contributed by atoms with E-state index in [1.807, 2.05) is 41.5 Å². The summed E-state index contributed by atoms with van der Waals surface area (Å²) in [5, 5.41) is 23.2. The van der Waals surface area contributed by atoms with E-state index < -0.39 is 8.07 Å². The monoisotopic (exact) mass is 1500 g/mol. The summed E-state index contributed by atoms with van der Waals surface area (Å²) in [5.41, 5.74) is 16.7. The van der Waals surface area contributed by atoms with Crippen LogP contribution in [0.1, 0.15) is 158 Å². The normalized spacial score (nSPS) is 12.1. The van der Waals surface area contributed by atoms with Gasteiger partial charge in [-0.3, -0.25) is 0 Å². The van der Waals surface area contributed by atoms with E-state index in [1.165, 1.54) is 131 Å². The Morgan fingerprint density at radius 3 is 0.885 bits per heavy atom. The molecule has 113 heavy (non-hydrogen) atoms. The molecule has 0 fully saturated rings. The van der Waals surface area contributed by atoms with Gasteiger partial charge in [-0.15, -0.1) is 0 Å². The summed E-state index contributed by atoms with van der Waals surface area (Å²) in [6.45, 7) is 45.3. The molecule has 17 aromatic rings. The van der Waals surface area contributed by atoms with Crippen molar-refractivity contribution in [2.75, 3.05) is 0 Å². The Morgan fingerprint density at radius 1 is 0.301 bits per heavy atom. The van der Waals surface area contributed by atoms with E-state index in [0.29, 0.717) is 0 Å². The summed E-state index contributed by atoms with van der Waals surface area (Å²) in [5.74, 6) is 0.583. The predicted molar refractivity (Wildman–Crippen MR) is 498 cm³/mol. The van der Waals surface area contributed by atoms with Gasteiger partial charge in [0, 0.05) is 72.3 Å². The molecule has 0 saturated heterocycles. The zero-order valence-corrected chi connectivity index (χ0v) is 72.0. The van der Waals surface area contributed by atoms with Gasteiger partial charge >= 0.3 is 0 Å². The van der Waals surface area contributed by atoms with Crippen molar-refractivity contribution >= 4 is 111 Å². The summed E-state index contributed by atoms with van der Waals surface area (Å²) in [6, 6.07) is 121. The molecular weight excluding hydrogens is 1380 g/mol. The molecule has 4 aromatic heterocycles. The highest BCUT2D eigenvalue weighted by molar-refractivity contribution is 7.13. The molecule has 0 bridgehead atoms. The largest absolute Gasteiger partial charge is 0.333 e. The topological polar surface area (TPSA) is 43.5 Å². The van der Waals surface area contributed by atoms with Crippen LogP contribution in [0.3, 0.4) is 0 Å². The lowest BCUT2D eigenvalue weighted by atomic mass is 9.87. The first-order valence-electron chi connectivity index (χ1n) is 40.8. The van der Waals surface area contributed by atoms with Crippen molar-refractivity contribution in [1.29, 1.82) is 5.26 Å². The maximum Gasteiger partial charge on any atom is 0.153 e.